The van der Waals surface area contributed by atoms with E-state index in [0.29, 0.717) is 22.4 Å². The van der Waals surface area contributed by atoms with Gasteiger partial charge in [-0.15, -0.1) is 0 Å². The number of aromatic nitrogens is 1. The molecule has 2 rings (SSSR count). The van der Waals surface area contributed by atoms with Crippen LogP contribution in [-0.2, 0) is 27.9 Å². The lowest BCUT2D eigenvalue weighted by molar-refractivity contribution is -0.142. The molecular formula is C16H18BrNO5. The lowest BCUT2D eigenvalue weighted by Crippen LogP contribution is -2.11. The van der Waals surface area contributed by atoms with Crippen LogP contribution in [0.15, 0.2) is 16.6 Å². The molecular weight excluding hydrogens is 366 g/mol. The van der Waals surface area contributed by atoms with Crippen molar-refractivity contribution >= 4 is 38.8 Å². The minimum Gasteiger partial charge on any atom is -0.496 e. The normalized spacial score (nSPS) is 10.7. The molecule has 0 bridgehead atoms. The third-order valence-corrected chi connectivity index (χ3v) is 4.11. The number of aryl methyl sites for hydroxylation is 1. The lowest BCUT2D eigenvalue weighted by atomic mass is 10.1. The van der Waals surface area contributed by atoms with Crippen molar-refractivity contribution in [3.05, 3.63) is 27.9 Å². The number of benzene rings is 1. The van der Waals surface area contributed by atoms with Crippen LogP contribution in [0, 0.1) is 0 Å². The molecule has 124 valence electrons. The largest absolute Gasteiger partial charge is 0.496 e. The number of esters is 2. The van der Waals surface area contributed by atoms with Crippen molar-refractivity contribution in [2.24, 2.45) is 7.05 Å². The first-order chi connectivity index (χ1) is 10.9. The first-order valence-electron chi connectivity index (χ1n) is 7.05. The standard InChI is InChI=1S/C16H18BrNO5/c1-5-22-16(20)15-10-6-14(21-4)11(17)7-12(10)18(3)13(15)8-23-9(2)19/h6-7H,5,8H2,1-4H3. The van der Waals surface area contributed by atoms with Gasteiger partial charge in [-0.25, -0.2) is 4.79 Å². The summed E-state index contributed by atoms with van der Waals surface area (Å²) in [6.07, 6.45) is 0. The van der Waals surface area contributed by atoms with Crippen LogP contribution in [0.3, 0.4) is 0 Å². The zero-order valence-electron chi connectivity index (χ0n) is 13.4. The molecule has 0 amide bonds. The van der Waals surface area contributed by atoms with E-state index in [4.69, 9.17) is 14.2 Å². The minimum atomic E-state index is -0.454. The second-order valence-corrected chi connectivity index (χ2v) is 5.74. The highest BCUT2D eigenvalue weighted by molar-refractivity contribution is 9.10. The predicted octanol–water partition coefficient (Wildman–Crippen LogP) is 3.19. The van der Waals surface area contributed by atoms with E-state index in [2.05, 4.69) is 15.9 Å². The van der Waals surface area contributed by atoms with Gasteiger partial charge in [0, 0.05) is 19.4 Å². The van der Waals surface area contributed by atoms with Crippen molar-refractivity contribution in [1.29, 1.82) is 0 Å². The highest BCUT2D eigenvalue weighted by atomic mass is 79.9. The lowest BCUT2D eigenvalue weighted by Gasteiger charge is -2.07. The highest BCUT2D eigenvalue weighted by Gasteiger charge is 2.24. The number of carbonyl (C=O) groups is 2. The Labute approximate surface area is 142 Å². The second kappa shape index (κ2) is 7.04. The summed E-state index contributed by atoms with van der Waals surface area (Å²) in [6.45, 7) is 3.32. The molecule has 0 saturated carbocycles. The van der Waals surface area contributed by atoms with Gasteiger partial charge in [0.2, 0.25) is 0 Å². The molecule has 6 nitrogen and oxygen atoms in total. The smallest absolute Gasteiger partial charge is 0.340 e. The Morgan fingerprint density at radius 1 is 1.26 bits per heavy atom. The third-order valence-electron chi connectivity index (χ3n) is 3.49. The van der Waals surface area contributed by atoms with Crippen molar-refractivity contribution in [1.82, 2.24) is 4.57 Å². The van der Waals surface area contributed by atoms with Crippen LogP contribution in [0.25, 0.3) is 10.9 Å². The number of ether oxygens (including phenoxy) is 3. The van der Waals surface area contributed by atoms with E-state index in [9.17, 15) is 9.59 Å². The molecule has 2 aromatic rings. The number of hydrogen-bond donors (Lipinski definition) is 0. The molecule has 1 heterocycles. The van der Waals surface area contributed by atoms with Crippen LogP contribution in [-0.4, -0.2) is 30.2 Å². The summed E-state index contributed by atoms with van der Waals surface area (Å²) in [7, 11) is 3.36. The maximum absolute atomic E-state index is 12.4. The molecule has 0 aliphatic carbocycles. The predicted molar refractivity (Wildman–Crippen MR) is 88.6 cm³/mol. The molecule has 0 aliphatic rings. The molecule has 7 heteroatoms. The second-order valence-electron chi connectivity index (χ2n) is 4.89. The molecule has 0 radical (unpaired) electrons. The van der Waals surface area contributed by atoms with Crippen molar-refractivity contribution in [3.63, 3.8) is 0 Å². The molecule has 0 saturated heterocycles. The summed E-state index contributed by atoms with van der Waals surface area (Å²) in [6, 6.07) is 3.62. The molecule has 1 aromatic carbocycles. The minimum absolute atomic E-state index is 0.00536. The fourth-order valence-electron chi connectivity index (χ4n) is 2.42. The van der Waals surface area contributed by atoms with E-state index in [1.54, 1.807) is 20.1 Å². The Hall–Kier alpha value is -2.02. The average Bonchev–Trinajstić information content (AvgIpc) is 2.76. The Morgan fingerprint density at radius 2 is 1.96 bits per heavy atom. The zero-order valence-corrected chi connectivity index (χ0v) is 15.0. The quantitative estimate of drug-likeness (QED) is 0.741. The number of fused-ring (bicyclic) bond motifs is 1. The van der Waals surface area contributed by atoms with Gasteiger partial charge >= 0.3 is 11.9 Å². The SMILES string of the molecule is CCOC(=O)c1c(COC(C)=O)n(C)c2cc(Br)c(OC)cc12. The Kier molecular flexibility index (Phi) is 5.30. The average molecular weight is 384 g/mol. The van der Waals surface area contributed by atoms with Gasteiger partial charge in [0.1, 0.15) is 12.4 Å². The van der Waals surface area contributed by atoms with Gasteiger partial charge in [0.05, 0.1) is 35.0 Å². The summed E-state index contributed by atoms with van der Waals surface area (Å²) < 4.78 is 18.1. The summed E-state index contributed by atoms with van der Waals surface area (Å²) in [5.41, 5.74) is 1.77. The maximum atomic E-state index is 12.4. The summed E-state index contributed by atoms with van der Waals surface area (Å²) in [4.78, 5) is 23.5. The number of hydrogen-bond acceptors (Lipinski definition) is 5. The third kappa shape index (κ3) is 3.34. The molecule has 0 unspecified atom stereocenters. The van der Waals surface area contributed by atoms with Gasteiger partial charge in [0.25, 0.3) is 0 Å². The molecule has 0 aliphatic heterocycles. The van der Waals surface area contributed by atoms with E-state index >= 15 is 0 Å². The van der Waals surface area contributed by atoms with Crippen molar-refractivity contribution in [3.8, 4) is 5.75 Å². The van der Waals surface area contributed by atoms with Gasteiger partial charge in [-0.1, -0.05) is 0 Å². The van der Waals surface area contributed by atoms with E-state index in [-0.39, 0.29) is 13.2 Å². The first kappa shape index (κ1) is 17.3. The molecule has 0 N–H and O–H groups in total. The molecule has 0 atom stereocenters. The molecule has 1 aromatic heterocycles. The van der Waals surface area contributed by atoms with Gasteiger partial charge in [-0.05, 0) is 35.0 Å². The Balaban J connectivity index is 2.70. The molecule has 0 fully saturated rings. The fraction of sp³-hybridized carbons (Fsp3) is 0.375. The molecule has 0 spiro atoms. The summed E-state index contributed by atoms with van der Waals surface area (Å²) in [5, 5.41) is 0.688. The van der Waals surface area contributed by atoms with Gasteiger partial charge in [-0.2, -0.15) is 0 Å². The van der Waals surface area contributed by atoms with E-state index < -0.39 is 11.9 Å². The topological polar surface area (TPSA) is 66.8 Å². The van der Waals surface area contributed by atoms with Gasteiger partial charge in [-0.3, -0.25) is 4.79 Å². The van der Waals surface area contributed by atoms with E-state index in [1.807, 2.05) is 17.7 Å². The van der Waals surface area contributed by atoms with Crippen molar-refractivity contribution in [2.75, 3.05) is 13.7 Å². The number of rotatable bonds is 5. The monoisotopic (exact) mass is 383 g/mol. The van der Waals surface area contributed by atoms with E-state index in [0.717, 1.165) is 9.99 Å². The number of carbonyl (C=O) groups excluding carboxylic acids is 2. The number of halogens is 1. The van der Waals surface area contributed by atoms with Crippen LogP contribution < -0.4 is 4.74 Å². The number of nitrogens with zero attached hydrogens (tertiary/aromatic N) is 1. The summed E-state index contributed by atoms with van der Waals surface area (Å²) >= 11 is 3.44. The van der Waals surface area contributed by atoms with Crippen molar-refractivity contribution in [2.45, 2.75) is 20.5 Å². The first-order valence-corrected chi connectivity index (χ1v) is 7.85. The fourth-order valence-corrected chi connectivity index (χ4v) is 2.91. The van der Waals surface area contributed by atoms with Crippen molar-refractivity contribution < 1.29 is 23.8 Å². The molecule has 23 heavy (non-hydrogen) atoms. The van der Waals surface area contributed by atoms with Crippen LogP contribution in [0.4, 0.5) is 0 Å². The Morgan fingerprint density at radius 3 is 2.52 bits per heavy atom. The summed E-state index contributed by atoms with van der Waals surface area (Å²) in [5.74, 6) is -0.263. The van der Waals surface area contributed by atoms with Gasteiger partial charge in [0.15, 0.2) is 0 Å². The van der Waals surface area contributed by atoms with Crippen LogP contribution in [0.5, 0.6) is 5.75 Å². The Bertz CT molecular complexity index is 766. The van der Waals surface area contributed by atoms with Gasteiger partial charge < -0.3 is 18.8 Å². The zero-order chi connectivity index (χ0) is 17.1. The number of methoxy groups -OCH3 is 1. The van der Waals surface area contributed by atoms with Crippen LogP contribution >= 0.6 is 15.9 Å². The van der Waals surface area contributed by atoms with Crippen LogP contribution in [0.1, 0.15) is 29.9 Å². The van der Waals surface area contributed by atoms with Crippen LogP contribution in [0.2, 0.25) is 0 Å². The highest BCUT2D eigenvalue weighted by Crippen LogP contribution is 2.35. The maximum Gasteiger partial charge on any atom is 0.340 e. The van der Waals surface area contributed by atoms with E-state index in [1.165, 1.54) is 6.92 Å².